The lowest BCUT2D eigenvalue weighted by molar-refractivity contribution is -0.143. The molecule has 1 heterocycles. The van der Waals surface area contributed by atoms with Crippen LogP contribution in [0.2, 0.25) is 0 Å². The maximum Gasteiger partial charge on any atom is 0.308 e. The van der Waals surface area contributed by atoms with Gasteiger partial charge in [-0.2, -0.15) is 5.10 Å². The molecule has 0 saturated heterocycles. The van der Waals surface area contributed by atoms with E-state index in [2.05, 4.69) is 10.4 Å². The molecule has 1 fully saturated rings. The minimum Gasteiger partial charge on any atom is -0.481 e. The van der Waals surface area contributed by atoms with Crippen LogP contribution in [0.1, 0.15) is 74.5 Å². The second-order valence-electron chi connectivity index (χ2n) is 6.70. The van der Waals surface area contributed by atoms with Crippen LogP contribution in [-0.2, 0) is 4.79 Å². The number of nitrogens with zero attached hydrogens (tertiary/aromatic N) is 2. The van der Waals surface area contributed by atoms with Gasteiger partial charge in [-0.05, 0) is 33.6 Å². The molecule has 6 nitrogen and oxygen atoms in total. The summed E-state index contributed by atoms with van der Waals surface area (Å²) >= 11 is 0. The zero-order chi connectivity index (χ0) is 17.0. The number of hydrogen-bond acceptors (Lipinski definition) is 3. The SMILES string of the molecule is Cc1c(C(=O)NC2CCCCCCC2C(=O)O)cnn1C(C)C. The van der Waals surface area contributed by atoms with E-state index < -0.39 is 11.9 Å². The van der Waals surface area contributed by atoms with Crippen LogP contribution in [-0.4, -0.2) is 32.8 Å². The lowest BCUT2D eigenvalue weighted by Gasteiger charge is -2.27. The second-order valence-corrected chi connectivity index (χ2v) is 6.70. The molecule has 0 bridgehead atoms. The van der Waals surface area contributed by atoms with Gasteiger partial charge in [0.15, 0.2) is 0 Å². The quantitative estimate of drug-likeness (QED) is 0.893. The number of hydrogen-bond donors (Lipinski definition) is 2. The van der Waals surface area contributed by atoms with Gasteiger partial charge in [-0.15, -0.1) is 0 Å². The van der Waals surface area contributed by atoms with Crippen molar-refractivity contribution in [3.8, 4) is 0 Å². The Kier molecular flexibility index (Phi) is 5.80. The Morgan fingerprint density at radius 1 is 1.26 bits per heavy atom. The van der Waals surface area contributed by atoms with E-state index in [0.717, 1.165) is 37.8 Å². The van der Waals surface area contributed by atoms with Crippen LogP contribution in [0.3, 0.4) is 0 Å². The lowest BCUT2D eigenvalue weighted by Crippen LogP contribution is -2.44. The summed E-state index contributed by atoms with van der Waals surface area (Å²) in [5.41, 5.74) is 1.35. The molecule has 0 aliphatic heterocycles. The second kappa shape index (κ2) is 7.62. The van der Waals surface area contributed by atoms with Gasteiger partial charge in [0, 0.05) is 17.8 Å². The zero-order valence-electron chi connectivity index (χ0n) is 14.2. The fourth-order valence-electron chi connectivity index (χ4n) is 3.37. The molecule has 1 aliphatic rings. The van der Waals surface area contributed by atoms with Crippen molar-refractivity contribution < 1.29 is 14.7 Å². The Bertz CT molecular complexity index is 565. The van der Waals surface area contributed by atoms with E-state index in [1.54, 1.807) is 6.20 Å². The minimum absolute atomic E-state index is 0.185. The highest BCUT2D eigenvalue weighted by atomic mass is 16.4. The summed E-state index contributed by atoms with van der Waals surface area (Å²) in [6.07, 6.45) is 6.97. The maximum atomic E-state index is 12.6. The number of aliphatic carboxylic acids is 1. The van der Waals surface area contributed by atoms with Crippen molar-refractivity contribution in [3.05, 3.63) is 17.5 Å². The Labute approximate surface area is 137 Å². The summed E-state index contributed by atoms with van der Waals surface area (Å²) in [5.74, 6) is -1.53. The van der Waals surface area contributed by atoms with Crippen LogP contribution in [0, 0.1) is 12.8 Å². The van der Waals surface area contributed by atoms with Crippen molar-refractivity contribution in [2.24, 2.45) is 5.92 Å². The topological polar surface area (TPSA) is 84.2 Å². The number of amides is 1. The largest absolute Gasteiger partial charge is 0.481 e. The third-order valence-corrected chi connectivity index (χ3v) is 4.68. The van der Waals surface area contributed by atoms with E-state index in [0.29, 0.717) is 12.0 Å². The van der Waals surface area contributed by atoms with Crippen LogP contribution in [0.25, 0.3) is 0 Å². The average Bonchev–Trinajstić information content (AvgIpc) is 2.83. The van der Waals surface area contributed by atoms with Crippen molar-refractivity contribution in [2.45, 2.75) is 71.4 Å². The molecule has 1 aliphatic carbocycles. The summed E-state index contributed by atoms with van der Waals surface area (Å²) in [7, 11) is 0. The highest BCUT2D eigenvalue weighted by molar-refractivity contribution is 5.95. The number of carboxylic acids is 1. The first-order chi connectivity index (χ1) is 10.9. The molecule has 0 radical (unpaired) electrons. The highest BCUT2D eigenvalue weighted by Crippen LogP contribution is 2.24. The number of nitrogens with one attached hydrogen (secondary N) is 1. The van der Waals surface area contributed by atoms with Crippen molar-refractivity contribution in [3.63, 3.8) is 0 Å². The maximum absolute atomic E-state index is 12.6. The van der Waals surface area contributed by atoms with Crippen molar-refractivity contribution >= 4 is 11.9 Å². The van der Waals surface area contributed by atoms with Gasteiger partial charge in [-0.3, -0.25) is 14.3 Å². The standard InChI is InChI=1S/C17H27N3O3/c1-11(2)20-12(3)14(10-18-20)16(21)19-15-9-7-5-4-6-8-13(15)17(22)23/h10-11,13,15H,4-9H2,1-3H3,(H,19,21)(H,22,23). The smallest absolute Gasteiger partial charge is 0.308 e. The summed E-state index contributed by atoms with van der Waals surface area (Å²) < 4.78 is 1.81. The molecule has 128 valence electrons. The lowest BCUT2D eigenvalue weighted by atomic mass is 9.86. The van der Waals surface area contributed by atoms with E-state index in [9.17, 15) is 14.7 Å². The highest BCUT2D eigenvalue weighted by Gasteiger charge is 2.30. The van der Waals surface area contributed by atoms with Gasteiger partial charge < -0.3 is 10.4 Å². The van der Waals surface area contributed by atoms with E-state index in [-0.39, 0.29) is 18.0 Å². The number of carbonyl (C=O) groups is 2. The van der Waals surface area contributed by atoms with Gasteiger partial charge in [0.05, 0.1) is 17.7 Å². The predicted octanol–water partition coefficient (Wildman–Crippen LogP) is 2.93. The molecular weight excluding hydrogens is 294 g/mol. The molecule has 2 rings (SSSR count). The van der Waals surface area contributed by atoms with Gasteiger partial charge in [0.1, 0.15) is 0 Å². The molecular formula is C17H27N3O3. The Morgan fingerprint density at radius 2 is 1.91 bits per heavy atom. The molecule has 0 aromatic carbocycles. The molecule has 2 N–H and O–H groups in total. The molecule has 1 amide bonds. The predicted molar refractivity (Wildman–Crippen MR) is 87.4 cm³/mol. The number of carboxylic acid groups (broad SMARTS) is 1. The Hall–Kier alpha value is -1.85. The molecule has 1 aromatic rings. The molecule has 23 heavy (non-hydrogen) atoms. The van der Waals surface area contributed by atoms with Crippen LogP contribution in [0.15, 0.2) is 6.20 Å². The molecule has 1 aromatic heterocycles. The van der Waals surface area contributed by atoms with Crippen LogP contribution in [0.4, 0.5) is 0 Å². The number of rotatable bonds is 4. The Balaban J connectivity index is 2.14. The molecule has 1 saturated carbocycles. The molecule has 2 atom stereocenters. The molecule has 0 spiro atoms. The van der Waals surface area contributed by atoms with Crippen molar-refractivity contribution in [1.82, 2.24) is 15.1 Å². The van der Waals surface area contributed by atoms with Crippen molar-refractivity contribution in [2.75, 3.05) is 0 Å². The average molecular weight is 321 g/mol. The van der Waals surface area contributed by atoms with Crippen LogP contribution < -0.4 is 5.32 Å². The van der Waals surface area contributed by atoms with Crippen LogP contribution >= 0.6 is 0 Å². The van der Waals surface area contributed by atoms with Gasteiger partial charge in [0.2, 0.25) is 0 Å². The first-order valence-electron chi connectivity index (χ1n) is 8.49. The van der Waals surface area contributed by atoms with E-state index in [1.807, 2.05) is 25.5 Å². The van der Waals surface area contributed by atoms with Crippen LogP contribution in [0.5, 0.6) is 0 Å². The molecule has 2 unspecified atom stereocenters. The van der Waals surface area contributed by atoms with E-state index in [4.69, 9.17) is 0 Å². The fraction of sp³-hybridized carbons (Fsp3) is 0.706. The first-order valence-corrected chi connectivity index (χ1v) is 8.49. The minimum atomic E-state index is -0.813. The fourth-order valence-corrected chi connectivity index (χ4v) is 3.37. The molecule has 6 heteroatoms. The van der Waals surface area contributed by atoms with E-state index >= 15 is 0 Å². The third-order valence-electron chi connectivity index (χ3n) is 4.68. The van der Waals surface area contributed by atoms with Gasteiger partial charge in [0.25, 0.3) is 5.91 Å². The summed E-state index contributed by atoms with van der Waals surface area (Å²) in [6.45, 7) is 5.89. The normalized spacial score (nSPS) is 22.4. The number of aromatic nitrogens is 2. The third kappa shape index (κ3) is 4.12. The van der Waals surface area contributed by atoms with Gasteiger partial charge in [-0.25, -0.2) is 0 Å². The summed E-state index contributed by atoms with van der Waals surface area (Å²) in [4.78, 5) is 24.1. The zero-order valence-corrected chi connectivity index (χ0v) is 14.2. The number of carbonyl (C=O) groups excluding carboxylic acids is 1. The van der Waals surface area contributed by atoms with Gasteiger partial charge >= 0.3 is 5.97 Å². The Morgan fingerprint density at radius 3 is 2.48 bits per heavy atom. The first kappa shape index (κ1) is 17.5. The summed E-state index contributed by atoms with van der Waals surface area (Å²) in [5, 5.41) is 16.7. The monoisotopic (exact) mass is 321 g/mol. The van der Waals surface area contributed by atoms with Gasteiger partial charge in [-0.1, -0.05) is 25.7 Å². The summed E-state index contributed by atoms with van der Waals surface area (Å²) in [6, 6.07) is -0.119. The van der Waals surface area contributed by atoms with E-state index in [1.165, 1.54) is 0 Å². The van der Waals surface area contributed by atoms with Crippen molar-refractivity contribution in [1.29, 1.82) is 0 Å².